The third-order valence-electron chi connectivity index (χ3n) is 7.63. The summed E-state index contributed by atoms with van der Waals surface area (Å²) >= 11 is 0. The molecule has 0 aliphatic carbocycles. The molecule has 9 nitrogen and oxygen atoms in total. The number of ether oxygens (including phenoxy) is 1. The van der Waals surface area contributed by atoms with Crippen molar-refractivity contribution in [2.45, 2.75) is 38.8 Å². The van der Waals surface area contributed by atoms with Gasteiger partial charge in [0.15, 0.2) is 5.65 Å². The Bertz CT molecular complexity index is 1340. The molecule has 190 valence electrons. The molecule has 0 bridgehead atoms. The van der Waals surface area contributed by atoms with Crippen LogP contribution in [0, 0.1) is 0 Å². The first-order chi connectivity index (χ1) is 17.6. The predicted molar refractivity (Wildman–Crippen MR) is 142 cm³/mol. The molecule has 36 heavy (non-hydrogen) atoms. The molecule has 9 heteroatoms. The summed E-state index contributed by atoms with van der Waals surface area (Å²) in [5, 5.41) is 5.06. The zero-order chi connectivity index (χ0) is 24.6. The van der Waals surface area contributed by atoms with Crippen LogP contribution in [-0.2, 0) is 17.7 Å². The maximum absolute atomic E-state index is 5.65. The number of anilines is 1. The van der Waals surface area contributed by atoms with Crippen molar-refractivity contribution in [3.63, 3.8) is 0 Å². The van der Waals surface area contributed by atoms with E-state index in [9.17, 15) is 0 Å². The standard InChI is InChI=1S/C27H36N8O/c1-4-24-28-22-7-5-6-8-23(22)34(24)25-18-27(33-13-15-36-16-14-33)35-26(29-25)17-20(30-35)19-32-11-9-21(10-12-32)31(2)3/h5-8,17-18,21H,4,9-16,19H2,1-3H3. The largest absolute Gasteiger partial charge is 0.378 e. The Morgan fingerprint density at radius 3 is 2.53 bits per heavy atom. The van der Waals surface area contributed by atoms with Gasteiger partial charge in [0.05, 0.1) is 29.9 Å². The van der Waals surface area contributed by atoms with Crippen molar-refractivity contribution in [1.82, 2.24) is 33.9 Å². The topological polar surface area (TPSA) is 67.0 Å². The number of para-hydroxylation sites is 2. The second kappa shape index (κ2) is 9.80. The van der Waals surface area contributed by atoms with Gasteiger partial charge in [0.2, 0.25) is 0 Å². The van der Waals surface area contributed by atoms with Crippen LogP contribution in [0.1, 0.15) is 31.3 Å². The van der Waals surface area contributed by atoms with Gasteiger partial charge in [0, 0.05) is 57.3 Å². The Hall–Kier alpha value is -3.01. The summed E-state index contributed by atoms with van der Waals surface area (Å²) in [5.74, 6) is 2.98. The Kier molecular flexibility index (Phi) is 6.37. The number of aryl methyl sites for hydroxylation is 1. The Morgan fingerprint density at radius 1 is 1.00 bits per heavy atom. The predicted octanol–water partition coefficient (Wildman–Crippen LogP) is 2.99. The fourth-order valence-electron chi connectivity index (χ4n) is 5.59. The van der Waals surface area contributed by atoms with Crippen LogP contribution in [0.3, 0.4) is 0 Å². The molecule has 3 aromatic heterocycles. The van der Waals surface area contributed by atoms with E-state index in [1.54, 1.807) is 0 Å². The lowest BCUT2D eigenvalue weighted by Crippen LogP contribution is -2.41. The van der Waals surface area contributed by atoms with Crippen LogP contribution in [0.5, 0.6) is 0 Å². The first-order valence-corrected chi connectivity index (χ1v) is 13.2. The average molecular weight is 489 g/mol. The van der Waals surface area contributed by atoms with E-state index in [1.165, 1.54) is 12.8 Å². The first-order valence-electron chi connectivity index (χ1n) is 13.2. The maximum atomic E-state index is 5.65. The highest BCUT2D eigenvalue weighted by atomic mass is 16.5. The zero-order valence-electron chi connectivity index (χ0n) is 21.6. The number of likely N-dealkylation sites (tertiary alicyclic amines) is 1. The summed E-state index contributed by atoms with van der Waals surface area (Å²) in [5.41, 5.74) is 4.04. The SMILES string of the molecule is CCc1nc2ccccc2n1-c1cc(N2CCOCC2)n2nc(CN3CCC(N(C)C)CC3)cc2n1. The number of nitrogens with zero attached hydrogens (tertiary/aromatic N) is 8. The molecular formula is C27H36N8O. The van der Waals surface area contributed by atoms with Gasteiger partial charge in [-0.25, -0.2) is 9.97 Å². The number of benzene rings is 1. The fourth-order valence-corrected chi connectivity index (χ4v) is 5.59. The van der Waals surface area contributed by atoms with Gasteiger partial charge in [0.25, 0.3) is 0 Å². The van der Waals surface area contributed by atoms with E-state index in [0.717, 1.165) is 92.2 Å². The number of rotatable bonds is 6. The van der Waals surface area contributed by atoms with Gasteiger partial charge in [-0.05, 0) is 39.1 Å². The minimum absolute atomic E-state index is 0.678. The molecule has 0 amide bonds. The molecule has 0 saturated carbocycles. The molecule has 2 aliphatic heterocycles. The van der Waals surface area contributed by atoms with E-state index < -0.39 is 0 Å². The minimum atomic E-state index is 0.678. The summed E-state index contributed by atoms with van der Waals surface area (Å²) in [7, 11) is 4.37. The van der Waals surface area contributed by atoms with E-state index in [-0.39, 0.29) is 0 Å². The van der Waals surface area contributed by atoms with Crippen molar-refractivity contribution in [1.29, 1.82) is 0 Å². The molecule has 0 atom stereocenters. The van der Waals surface area contributed by atoms with Crippen LogP contribution < -0.4 is 4.90 Å². The van der Waals surface area contributed by atoms with Crippen LogP contribution in [0.2, 0.25) is 0 Å². The van der Waals surface area contributed by atoms with Crippen LogP contribution in [0.15, 0.2) is 36.4 Å². The van der Waals surface area contributed by atoms with E-state index in [2.05, 4.69) is 70.6 Å². The molecule has 0 spiro atoms. The lowest BCUT2D eigenvalue weighted by Gasteiger charge is -2.34. The Morgan fingerprint density at radius 2 is 1.78 bits per heavy atom. The Balaban J connectivity index is 1.40. The van der Waals surface area contributed by atoms with Gasteiger partial charge in [-0.3, -0.25) is 9.47 Å². The molecular weight excluding hydrogens is 452 g/mol. The van der Waals surface area contributed by atoms with Crippen LogP contribution in [0.4, 0.5) is 5.82 Å². The summed E-state index contributed by atoms with van der Waals surface area (Å²) in [6.45, 7) is 8.35. The highest BCUT2D eigenvalue weighted by molar-refractivity contribution is 5.78. The van der Waals surface area contributed by atoms with E-state index in [4.69, 9.17) is 19.8 Å². The first kappa shape index (κ1) is 23.4. The van der Waals surface area contributed by atoms with Crippen molar-refractivity contribution >= 4 is 22.5 Å². The molecule has 0 N–H and O–H groups in total. The monoisotopic (exact) mass is 488 g/mol. The molecule has 2 aliphatic rings. The summed E-state index contributed by atoms with van der Waals surface area (Å²) < 4.78 is 9.88. The van der Waals surface area contributed by atoms with Crippen molar-refractivity contribution in [3.05, 3.63) is 47.9 Å². The van der Waals surface area contributed by atoms with Crippen LogP contribution >= 0.6 is 0 Å². The molecule has 2 saturated heterocycles. The number of morpholine rings is 1. The van der Waals surface area contributed by atoms with E-state index in [0.29, 0.717) is 6.04 Å². The van der Waals surface area contributed by atoms with Crippen LogP contribution in [-0.4, -0.2) is 93.5 Å². The number of imidazole rings is 1. The fraction of sp³-hybridized carbons (Fsp3) is 0.519. The maximum Gasteiger partial charge on any atom is 0.160 e. The van der Waals surface area contributed by atoms with Crippen LogP contribution in [0.25, 0.3) is 22.5 Å². The third-order valence-corrected chi connectivity index (χ3v) is 7.63. The average Bonchev–Trinajstić information content (AvgIpc) is 3.49. The van der Waals surface area contributed by atoms with Gasteiger partial charge in [-0.15, -0.1) is 0 Å². The summed E-state index contributed by atoms with van der Waals surface area (Å²) in [4.78, 5) is 17.3. The quantitative estimate of drug-likeness (QED) is 0.413. The van der Waals surface area contributed by atoms with Gasteiger partial charge in [-0.2, -0.15) is 9.61 Å². The summed E-state index contributed by atoms with van der Waals surface area (Å²) in [6, 6.07) is 13.3. The normalized spacial score (nSPS) is 18.2. The van der Waals surface area contributed by atoms with Crippen molar-refractivity contribution in [3.8, 4) is 5.82 Å². The number of aromatic nitrogens is 5. The molecule has 6 rings (SSSR count). The van der Waals surface area contributed by atoms with Gasteiger partial charge in [0.1, 0.15) is 17.5 Å². The smallest absolute Gasteiger partial charge is 0.160 e. The second-order valence-corrected chi connectivity index (χ2v) is 10.2. The molecule has 2 fully saturated rings. The number of hydrogen-bond acceptors (Lipinski definition) is 7. The van der Waals surface area contributed by atoms with Crippen molar-refractivity contribution < 1.29 is 4.74 Å². The lowest BCUT2D eigenvalue weighted by atomic mass is 10.0. The number of hydrogen-bond donors (Lipinski definition) is 0. The zero-order valence-corrected chi connectivity index (χ0v) is 21.6. The third kappa shape index (κ3) is 4.36. The minimum Gasteiger partial charge on any atom is -0.378 e. The van der Waals surface area contributed by atoms with Gasteiger partial charge < -0.3 is 14.5 Å². The molecule has 0 unspecified atom stereocenters. The van der Waals surface area contributed by atoms with Gasteiger partial charge >= 0.3 is 0 Å². The van der Waals surface area contributed by atoms with Crippen molar-refractivity contribution in [2.75, 3.05) is 58.4 Å². The molecule has 1 aromatic carbocycles. The molecule has 4 aromatic rings. The summed E-state index contributed by atoms with van der Waals surface area (Å²) in [6.07, 6.45) is 3.24. The second-order valence-electron chi connectivity index (χ2n) is 10.2. The highest BCUT2D eigenvalue weighted by Gasteiger charge is 2.23. The lowest BCUT2D eigenvalue weighted by molar-refractivity contribution is 0.122. The van der Waals surface area contributed by atoms with E-state index in [1.807, 2.05) is 10.6 Å². The molecule has 0 radical (unpaired) electrons. The van der Waals surface area contributed by atoms with Crippen molar-refractivity contribution in [2.24, 2.45) is 0 Å². The Labute approximate surface area is 212 Å². The number of fused-ring (bicyclic) bond motifs is 2. The van der Waals surface area contributed by atoms with E-state index >= 15 is 0 Å². The number of piperidine rings is 1. The highest BCUT2D eigenvalue weighted by Crippen LogP contribution is 2.27. The molecule has 5 heterocycles. The van der Waals surface area contributed by atoms with Gasteiger partial charge in [-0.1, -0.05) is 19.1 Å².